The molecule has 9 heteroatoms. The molecule has 2 aliphatic heterocycles. The van der Waals surface area contributed by atoms with Crippen LogP contribution in [0.2, 0.25) is 0 Å². The summed E-state index contributed by atoms with van der Waals surface area (Å²) >= 11 is 0. The molecule has 0 aliphatic carbocycles. The minimum absolute atomic E-state index is 0.166. The first-order chi connectivity index (χ1) is 13.9. The van der Waals surface area contributed by atoms with Gasteiger partial charge in [-0.3, -0.25) is 0 Å². The number of ether oxygens (including phenoxy) is 2. The van der Waals surface area contributed by atoms with Crippen molar-refractivity contribution >= 4 is 21.7 Å². The maximum atomic E-state index is 13.0. The van der Waals surface area contributed by atoms with Gasteiger partial charge in [0.25, 0.3) is 0 Å². The molecule has 0 saturated carbocycles. The van der Waals surface area contributed by atoms with Crippen LogP contribution in [0, 0.1) is 6.92 Å². The quantitative estimate of drug-likeness (QED) is 0.828. The summed E-state index contributed by atoms with van der Waals surface area (Å²) in [5.41, 5.74) is 1.78. The molecule has 1 N–H and O–H groups in total. The van der Waals surface area contributed by atoms with E-state index in [1.807, 2.05) is 31.2 Å². The fourth-order valence-electron chi connectivity index (χ4n) is 3.39. The van der Waals surface area contributed by atoms with Crippen LogP contribution in [0.4, 0.5) is 10.5 Å². The van der Waals surface area contributed by atoms with E-state index >= 15 is 0 Å². The lowest BCUT2D eigenvalue weighted by Crippen LogP contribution is -2.51. The van der Waals surface area contributed by atoms with Crippen molar-refractivity contribution in [3.05, 3.63) is 48.0 Å². The Balaban J connectivity index is 1.40. The Morgan fingerprint density at radius 2 is 1.69 bits per heavy atom. The van der Waals surface area contributed by atoms with Gasteiger partial charge in [-0.15, -0.1) is 0 Å². The smallest absolute Gasteiger partial charge is 0.321 e. The number of hydrogen-bond donors (Lipinski definition) is 1. The molecule has 2 aliphatic rings. The predicted molar refractivity (Wildman–Crippen MR) is 108 cm³/mol. The number of carbonyl (C=O) groups is 1. The van der Waals surface area contributed by atoms with E-state index in [9.17, 15) is 13.2 Å². The van der Waals surface area contributed by atoms with Gasteiger partial charge < -0.3 is 19.7 Å². The molecule has 0 radical (unpaired) electrons. The molecule has 0 bridgehead atoms. The second kappa shape index (κ2) is 7.92. The Kier molecular flexibility index (Phi) is 5.33. The van der Waals surface area contributed by atoms with E-state index in [4.69, 9.17) is 9.47 Å². The van der Waals surface area contributed by atoms with Gasteiger partial charge in [0.1, 0.15) is 13.2 Å². The standard InChI is InChI=1S/C20H23N3O5S/c1-15-3-2-4-16(13-15)21-20(24)22-7-9-23(10-8-22)29(25,26)17-5-6-18-19(14-17)28-12-11-27-18/h2-6,13-14H,7-12H2,1H3,(H,21,24). The molecule has 29 heavy (non-hydrogen) atoms. The van der Waals surface area contributed by atoms with E-state index < -0.39 is 10.0 Å². The van der Waals surface area contributed by atoms with E-state index in [0.717, 1.165) is 11.3 Å². The first-order valence-electron chi connectivity index (χ1n) is 9.46. The van der Waals surface area contributed by atoms with Gasteiger partial charge in [0.05, 0.1) is 4.90 Å². The normalized spacial score (nSPS) is 17.1. The Morgan fingerprint density at radius 3 is 2.41 bits per heavy atom. The van der Waals surface area contributed by atoms with E-state index in [2.05, 4.69) is 5.32 Å². The van der Waals surface area contributed by atoms with E-state index in [1.54, 1.807) is 11.0 Å². The predicted octanol–water partition coefficient (Wildman–Crippen LogP) is 2.30. The second-order valence-corrected chi connectivity index (χ2v) is 8.93. The molecule has 4 rings (SSSR count). The SMILES string of the molecule is Cc1cccc(NC(=O)N2CCN(S(=O)(=O)c3ccc4c(c3)OCCO4)CC2)c1. The number of sulfonamides is 1. The zero-order valence-corrected chi connectivity index (χ0v) is 16.9. The number of aryl methyl sites for hydroxylation is 1. The fraction of sp³-hybridized carbons (Fsp3) is 0.350. The van der Waals surface area contributed by atoms with Gasteiger partial charge in [0.15, 0.2) is 11.5 Å². The van der Waals surface area contributed by atoms with E-state index in [1.165, 1.54) is 16.4 Å². The zero-order chi connectivity index (χ0) is 20.4. The lowest BCUT2D eigenvalue weighted by atomic mass is 10.2. The fourth-order valence-corrected chi connectivity index (χ4v) is 4.83. The number of urea groups is 1. The van der Waals surface area contributed by atoms with E-state index in [0.29, 0.717) is 37.8 Å². The highest BCUT2D eigenvalue weighted by Crippen LogP contribution is 2.33. The van der Waals surface area contributed by atoms with Gasteiger partial charge in [-0.1, -0.05) is 12.1 Å². The summed E-state index contributed by atoms with van der Waals surface area (Å²) in [5.74, 6) is 0.987. The summed E-state index contributed by atoms with van der Waals surface area (Å²) < 4.78 is 38.3. The number of benzene rings is 2. The first kappa shape index (κ1) is 19.5. The highest BCUT2D eigenvalue weighted by Gasteiger charge is 2.31. The molecule has 1 fully saturated rings. The number of nitrogens with one attached hydrogen (secondary N) is 1. The van der Waals surface area contributed by atoms with Gasteiger partial charge in [-0.25, -0.2) is 13.2 Å². The van der Waals surface area contributed by atoms with Gasteiger partial charge in [0.2, 0.25) is 10.0 Å². The third-order valence-electron chi connectivity index (χ3n) is 4.95. The molecule has 2 aromatic rings. The van der Waals surface area contributed by atoms with Crippen molar-refractivity contribution in [3.8, 4) is 11.5 Å². The lowest BCUT2D eigenvalue weighted by Gasteiger charge is -2.34. The number of anilines is 1. The third kappa shape index (κ3) is 4.15. The molecule has 2 aromatic carbocycles. The van der Waals surface area contributed by atoms with Crippen LogP contribution in [0.3, 0.4) is 0 Å². The van der Waals surface area contributed by atoms with Crippen LogP contribution in [0.15, 0.2) is 47.4 Å². The Labute approximate surface area is 170 Å². The minimum Gasteiger partial charge on any atom is -0.486 e. The number of fused-ring (bicyclic) bond motifs is 1. The summed E-state index contributed by atoms with van der Waals surface area (Å²) in [6.45, 7) is 3.91. The summed E-state index contributed by atoms with van der Waals surface area (Å²) in [6, 6.07) is 12.0. The minimum atomic E-state index is -3.67. The number of nitrogens with zero attached hydrogens (tertiary/aromatic N) is 2. The van der Waals surface area contributed by atoms with Gasteiger partial charge in [0, 0.05) is 37.9 Å². The Morgan fingerprint density at radius 1 is 0.966 bits per heavy atom. The first-order valence-corrected chi connectivity index (χ1v) is 10.9. The molecular formula is C20H23N3O5S. The number of hydrogen-bond acceptors (Lipinski definition) is 5. The van der Waals surface area contributed by atoms with Crippen molar-refractivity contribution in [2.24, 2.45) is 0 Å². The number of rotatable bonds is 3. The van der Waals surface area contributed by atoms with Crippen molar-refractivity contribution in [1.82, 2.24) is 9.21 Å². The molecule has 0 atom stereocenters. The van der Waals surface area contributed by atoms with Crippen LogP contribution in [0.5, 0.6) is 11.5 Å². The summed E-state index contributed by atoms with van der Waals surface area (Å²) in [7, 11) is -3.67. The lowest BCUT2D eigenvalue weighted by molar-refractivity contribution is 0.171. The largest absolute Gasteiger partial charge is 0.486 e. The maximum Gasteiger partial charge on any atom is 0.321 e. The van der Waals surface area contributed by atoms with Crippen molar-refractivity contribution < 1.29 is 22.7 Å². The number of piperazine rings is 1. The highest BCUT2D eigenvalue weighted by molar-refractivity contribution is 7.89. The molecule has 2 heterocycles. The van der Waals surface area contributed by atoms with Crippen molar-refractivity contribution in [2.75, 3.05) is 44.7 Å². The second-order valence-electron chi connectivity index (χ2n) is 7.00. The van der Waals surface area contributed by atoms with Crippen LogP contribution >= 0.6 is 0 Å². The average molecular weight is 417 g/mol. The van der Waals surface area contributed by atoms with E-state index in [-0.39, 0.29) is 24.0 Å². The van der Waals surface area contributed by atoms with Crippen LogP contribution in [-0.2, 0) is 10.0 Å². The van der Waals surface area contributed by atoms with Gasteiger partial charge >= 0.3 is 6.03 Å². The average Bonchev–Trinajstić information content (AvgIpc) is 2.73. The number of carbonyl (C=O) groups excluding carboxylic acids is 1. The van der Waals surface area contributed by atoms with Crippen LogP contribution < -0.4 is 14.8 Å². The molecule has 2 amide bonds. The van der Waals surface area contributed by atoms with Crippen LogP contribution in [0.1, 0.15) is 5.56 Å². The zero-order valence-electron chi connectivity index (χ0n) is 16.1. The Hall–Kier alpha value is -2.78. The molecule has 154 valence electrons. The maximum absolute atomic E-state index is 13.0. The van der Waals surface area contributed by atoms with Gasteiger partial charge in [-0.2, -0.15) is 4.31 Å². The van der Waals surface area contributed by atoms with Crippen LogP contribution in [-0.4, -0.2) is 63.0 Å². The topological polar surface area (TPSA) is 88.2 Å². The van der Waals surface area contributed by atoms with Gasteiger partial charge in [-0.05, 0) is 36.8 Å². The summed E-state index contributed by atoms with van der Waals surface area (Å²) in [4.78, 5) is 14.3. The Bertz CT molecular complexity index is 1020. The van der Waals surface area contributed by atoms with Crippen molar-refractivity contribution in [1.29, 1.82) is 0 Å². The molecule has 0 aromatic heterocycles. The summed E-state index contributed by atoms with van der Waals surface area (Å²) in [6.07, 6.45) is 0. The number of amides is 2. The molecule has 0 unspecified atom stereocenters. The third-order valence-corrected chi connectivity index (χ3v) is 6.84. The molecule has 1 saturated heterocycles. The summed E-state index contributed by atoms with van der Waals surface area (Å²) in [5, 5.41) is 2.86. The van der Waals surface area contributed by atoms with Crippen LogP contribution in [0.25, 0.3) is 0 Å². The highest BCUT2D eigenvalue weighted by atomic mass is 32.2. The molecular weight excluding hydrogens is 394 g/mol. The molecule has 0 spiro atoms. The van der Waals surface area contributed by atoms with Crippen molar-refractivity contribution in [3.63, 3.8) is 0 Å². The molecule has 8 nitrogen and oxygen atoms in total. The van der Waals surface area contributed by atoms with Crippen molar-refractivity contribution in [2.45, 2.75) is 11.8 Å². The monoisotopic (exact) mass is 417 g/mol.